The van der Waals surface area contributed by atoms with Crippen LogP contribution in [-0.4, -0.2) is 11.4 Å². The van der Waals surface area contributed by atoms with Crippen molar-refractivity contribution in [1.82, 2.24) is 4.90 Å². The molecule has 7 aromatic carbocycles. The molecule has 0 saturated heterocycles. The molecule has 1 heteroatoms. The zero-order valence-corrected chi connectivity index (χ0v) is 30.3. The summed E-state index contributed by atoms with van der Waals surface area (Å²) in [6, 6.07) is 52.0. The molecule has 8 rings (SSSR count). The summed E-state index contributed by atoms with van der Waals surface area (Å²) in [4.78, 5) is 2.70. The second-order valence-electron chi connectivity index (χ2n) is 13.9. The van der Waals surface area contributed by atoms with Crippen LogP contribution in [-0.2, 0) is 13.1 Å². The Balaban J connectivity index is 1.39. The van der Waals surface area contributed by atoms with Gasteiger partial charge < -0.3 is 0 Å². The van der Waals surface area contributed by atoms with Gasteiger partial charge in [0.05, 0.1) is 0 Å². The van der Waals surface area contributed by atoms with E-state index < -0.39 is 0 Å². The first kappa shape index (κ1) is 33.4. The van der Waals surface area contributed by atoms with E-state index in [-0.39, 0.29) is 0 Å². The van der Waals surface area contributed by atoms with E-state index in [9.17, 15) is 0 Å². The first-order valence-corrected chi connectivity index (χ1v) is 18.7. The van der Waals surface area contributed by atoms with E-state index in [1.165, 1.54) is 101 Å². The molecule has 0 amide bonds. The molecule has 0 bridgehead atoms. The minimum absolute atomic E-state index is 0.898. The van der Waals surface area contributed by atoms with Crippen LogP contribution in [0.2, 0.25) is 0 Å². The van der Waals surface area contributed by atoms with E-state index >= 15 is 0 Å². The van der Waals surface area contributed by atoms with E-state index in [0.29, 0.717) is 0 Å². The van der Waals surface area contributed by atoms with Crippen LogP contribution in [0, 0.1) is 0 Å². The predicted molar refractivity (Wildman–Crippen MR) is 225 cm³/mol. The molecular weight excluding hydrogens is 627 g/mol. The molecule has 0 radical (unpaired) electrons. The van der Waals surface area contributed by atoms with Gasteiger partial charge in [0.25, 0.3) is 0 Å². The van der Waals surface area contributed by atoms with Gasteiger partial charge in [-0.15, -0.1) is 0 Å². The van der Waals surface area contributed by atoms with Gasteiger partial charge in [0, 0.05) is 13.1 Å². The lowest BCUT2D eigenvalue weighted by Crippen LogP contribution is -2.23. The van der Waals surface area contributed by atoms with Crippen LogP contribution in [0.4, 0.5) is 0 Å². The van der Waals surface area contributed by atoms with E-state index in [0.717, 1.165) is 19.6 Å². The molecule has 254 valence electrons. The third kappa shape index (κ3) is 6.34. The summed E-state index contributed by atoms with van der Waals surface area (Å²) in [6.45, 7) is 11.1. The summed E-state index contributed by atoms with van der Waals surface area (Å²) in [5, 5.41) is 5.20. The molecule has 0 saturated carbocycles. The van der Waals surface area contributed by atoms with Gasteiger partial charge in [0.2, 0.25) is 0 Å². The fraction of sp³-hybridized carbons (Fsp3) is 0.137. The van der Waals surface area contributed by atoms with Crippen LogP contribution in [0.25, 0.3) is 71.6 Å². The third-order valence-electron chi connectivity index (χ3n) is 10.7. The minimum atomic E-state index is 0.898. The Morgan fingerprint density at radius 2 is 1.12 bits per heavy atom. The van der Waals surface area contributed by atoms with Crippen molar-refractivity contribution < 1.29 is 0 Å². The fourth-order valence-corrected chi connectivity index (χ4v) is 8.08. The van der Waals surface area contributed by atoms with Crippen molar-refractivity contribution in [2.45, 2.75) is 39.8 Å². The average Bonchev–Trinajstić information content (AvgIpc) is 3.38. The Hall–Kier alpha value is -5.76. The molecule has 0 N–H and O–H groups in total. The number of benzene rings is 7. The summed E-state index contributed by atoms with van der Waals surface area (Å²) < 4.78 is 0. The topological polar surface area (TPSA) is 3.24 Å². The van der Waals surface area contributed by atoms with Crippen molar-refractivity contribution in [3.05, 3.63) is 187 Å². The highest BCUT2D eigenvalue weighted by molar-refractivity contribution is 6.12. The smallest absolute Gasteiger partial charge is 0.0249 e. The molecule has 1 aliphatic heterocycles. The molecule has 0 fully saturated rings. The molecule has 0 unspecified atom stereocenters. The SMILES string of the molecule is C=C/C=C\C(=C/C)c1ccc(-c2cc3ccccc3c3c2CN(CCCC)Cc2c(-c4ccc(-c5ccccc5)cc4)cc4ccccc4c2-3)cc1. The number of fused-ring (bicyclic) bond motifs is 7. The monoisotopic (exact) mass is 671 g/mol. The molecule has 1 nitrogen and oxygen atoms in total. The van der Waals surface area contributed by atoms with Crippen molar-refractivity contribution in [3.63, 3.8) is 0 Å². The fourth-order valence-electron chi connectivity index (χ4n) is 8.08. The molecule has 7 aromatic rings. The molecule has 0 atom stereocenters. The van der Waals surface area contributed by atoms with Gasteiger partial charge in [0.1, 0.15) is 0 Å². The van der Waals surface area contributed by atoms with Gasteiger partial charge >= 0.3 is 0 Å². The van der Waals surface area contributed by atoms with Crippen LogP contribution in [0.3, 0.4) is 0 Å². The summed E-state index contributed by atoms with van der Waals surface area (Å²) in [5.41, 5.74) is 15.7. The first-order chi connectivity index (χ1) is 25.7. The van der Waals surface area contributed by atoms with Crippen LogP contribution in [0.1, 0.15) is 43.4 Å². The number of nitrogens with zero attached hydrogens (tertiary/aromatic N) is 1. The van der Waals surface area contributed by atoms with Gasteiger partial charge in [0.15, 0.2) is 0 Å². The molecule has 0 aliphatic carbocycles. The van der Waals surface area contributed by atoms with Gasteiger partial charge in [-0.3, -0.25) is 4.90 Å². The van der Waals surface area contributed by atoms with Crippen molar-refractivity contribution in [2.75, 3.05) is 6.54 Å². The Bertz CT molecular complexity index is 2440. The highest BCUT2D eigenvalue weighted by Gasteiger charge is 2.28. The van der Waals surface area contributed by atoms with Crippen LogP contribution < -0.4 is 0 Å². The Morgan fingerprint density at radius 3 is 1.65 bits per heavy atom. The highest BCUT2D eigenvalue weighted by Crippen LogP contribution is 2.48. The van der Waals surface area contributed by atoms with Crippen LogP contribution >= 0.6 is 0 Å². The summed E-state index contributed by atoms with van der Waals surface area (Å²) in [5.74, 6) is 0. The minimum Gasteiger partial charge on any atom is -0.295 e. The predicted octanol–water partition coefficient (Wildman–Crippen LogP) is 13.9. The third-order valence-corrected chi connectivity index (χ3v) is 10.7. The second kappa shape index (κ2) is 14.8. The molecule has 1 heterocycles. The van der Waals surface area contributed by atoms with Crippen molar-refractivity contribution >= 4 is 27.1 Å². The van der Waals surface area contributed by atoms with Crippen LogP contribution in [0.15, 0.2) is 170 Å². The number of unbranched alkanes of at least 4 members (excludes halogenated alkanes) is 1. The first-order valence-electron chi connectivity index (χ1n) is 18.7. The molecule has 52 heavy (non-hydrogen) atoms. The molecule has 0 spiro atoms. The normalized spacial score (nSPS) is 13.3. The molecular formula is C51H45N. The van der Waals surface area contributed by atoms with Crippen molar-refractivity contribution in [2.24, 2.45) is 0 Å². The Kier molecular flexibility index (Phi) is 9.53. The standard InChI is InChI=1S/C51H45N/c1-4-7-16-36(6-3)38-23-27-40(28-24-38)46-32-42-19-12-14-21-44(42)50-48(46)34-52(31-8-5-2)35-49-47(33-43-20-13-15-22-45(43)51(49)50)41-29-25-39(26-30-41)37-17-10-9-11-18-37/h4,6-7,9-30,32-33H,1,5,8,31,34-35H2,2-3H3/b16-7-,36-6+. The lowest BCUT2D eigenvalue weighted by Gasteiger charge is -2.23. The maximum Gasteiger partial charge on any atom is 0.0249 e. The summed E-state index contributed by atoms with van der Waals surface area (Å²) in [7, 11) is 0. The van der Waals surface area contributed by atoms with E-state index in [2.05, 4.69) is 177 Å². The Labute approximate surface area is 308 Å². The van der Waals surface area contributed by atoms with E-state index in [1.54, 1.807) is 0 Å². The summed E-state index contributed by atoms with van der Waals surface area (Å²) in [6.07, 6.45) is 10.5. The van der Waals surface area contributed by atoms with Gasteiger partial charge in [-0.25, -0.2) is 0 Å². The maximum atomic E-state index is 3.87. The van der Waals surface area contributed by atoms with Crippen LogP contribution in [0.5, 0.6) is 0 Å². The summed E-state index contributed by atoms with van der Waals surface area (Å²) >= 11 is 0. The van der Waals surface area contributed by atoms with Gasteiger partial charge in [-0.05, 0) is 120 Å². The number of hydrogen-bond acceptors (Lipinski definition) is 1. The van der Waals surface area contributed by atoms with E-state index in [1.807, 2.05) is 12.2 Å². The van der Waals surface area contributed by atoms with Gasteiger partial charge in [-0.2, -0.15) is 0 Å². The lowest BCUT2D eigenvalue weighted by atomic mass is 9.82. The number of allylic oxidation sites excluding steroid dienone is 5. The lowest BCUT2D eigenvalue weighted by molar-refractivity contribution is 0.256. The Morgan fingerprint density at radius 1 is 0.615 bits per heavy atom. The van der Waals surface area contributed by atoms with E-state index in [4.69, 9.17) is 0 Å². The zero-order valence-electron chi connectivity index (χ0n) is 30.3. The number of hydrogen-bond donors (Lipinski definition) is 0. The highest BCUT2D eigenvalue weighted by atomic mass is 15.1. The molecule has 0 aromatic heterocycles. The quantitative estimate of drug-likeness (QED) is 0.138. The van der Waals surface area contributed by atoms with Crippen molar-refractivity contribution in [3.8, 4) is 44.5 Å². The number of rotatable bonds is 9. The molecule has 1 aliphatic rings. The van der Waals surface area contributed by atoms with Gasteiger partial charge in [-0.1, -0.05) is 172 Å². The van der Waals surface area contributed by atoms with Crippen molar-refractivity contribution in [1.29, 1.82) is 0 Å². The average molecular weight is 672 g/mol. The second-order valence-corrected chi connectivity index (χ2v) is 13.9. The zero-order chi connectivity index (χ0) is 35.4. The maximum absolute atomic E-state index is 3.87. The largest absolute Gasteiger partial charge is 0.295 e.